The summed E-state index contributed by atoms with van der Waals surface area (Å²) in [6, 6.07) is 15.5. The summed E-state index contributed by atoms with van der Waals surface area (Å²) in [6.45, 7) is 3.43. The largest absolute Gasteiger partial charge is 0.422 e. The molecule has 0 aliphatic carbocycles. The van der Waals surface area contributed by atoms with Crippen LogP contribution in [0, 0.1) is 0 Å². The summed E-state index contributed by atoms with van der Waals surface area (Å²) in [7, 11) is 0. The van der Waals surface area contributed by atoms with Crippen LogP contribution in [0.15, 0.2) is 48.5 Å². The van der Waals surface area contributed by atoms with Gasteiger partial charge < -0.3 is 9.47 Å². The molecule has 0 aromatic heterocycles. The van der Waals surface area contributed by atoms with Crippen LogP contribution in [0.2, 0.25) is 0 Å². The van der Waals surface area contributed by atoms with Gasteiger partial charge in [-0.15, -0.1) is 0 Å². The number of benzene rings is 3. The Labute approximate surface area is 140 Å². The van der Waals surface area contributed by atoms with Gasteiger partial charge in [0, 0.05) is 12.8 Å². The average molecular weight is 322 g/mol. The first-order valence-electron chi connectivity index (χ1n) is 7.98. The number of carbonyl (C=O) groups is 2. The molecule has 0 unspecified atom stereocenters. The second kappa shape index (κ2) is 6.71. The van der Waals surface area contributed by atoms with Crippen LogP contribution in [0.1, 0.15) is 26.7 Å². The van der Waals surface area contributed by atoms with E-state index in [0.717, 1.165) is 21.5 Å². The number of hydrogen-bond acceptors (Lipinski definition) is 4. The number of ether oxygens (including phenoxy) is 2. The average Bonchev–Trinajstić information content (AvgIpc) is 2.60. The van der Waals surface area contributed by atoms with Crippen molar-refractivity contribution in [2.75, 3.05) is 0 Å². The number of carbonyl (C=O) groups excluding carboxylic acids is 2. The highest BCUT2D eigenvalue weighted by atomic mass is 16.6. The first kappa shape index (κ1) is 16.0. The molecule has 0 amide bonds. The third-order valence-electron chi connectivity index (χ3n) is 3.79. The van der Waals surface area contributed by atoms with Crippen molar-refractivity contribution in [3.63, 3.8) is 0 Å². The summed E-state index contributed by atoms with van der Waals surface area (Å²) in [4.78, 5) is 23.3. The van der Waals surface area contributed by atoms with E-state index in [1.165, 1.54) is 0 Å². The zero-order valence-corrected chi connectivity index (χ0v) is 13.7. The van der Waals surface area contributed by atoms with Gasteiger partial charge >= 0.3 is 11.9 Å². The molecule has 0 spiro atoms. The van der Waals surface area contributed by atoms with E-state index in [0.29, 0.717) is 0 Å². The lowest BCUT2D eigenvalue weighted by Gasteiger charge is -2.12. The van der Waals surface area contributed by atoms with Crippen molar-refractivity contribution in [1.29, 1.82) is 0 Å². The second-order valence-electron chi connectivity index (χ2n) is 5.50. The molecule has 24 heavy (non-hydrogen) atoms. The van der Waals surface area contributed by atoms with Crippen molar-refractivity contribution in [2.24, 2.45) is 0 Å². The Morgan fingerprint density at radius 3 is 1.50 bits per heavy atom. The molecular weight excluding hydrogens is 304 g/mol. The Morgan fingerprint density at radius 2 is 1.12 bits per heavy atom. The summed E-state index contributed by atoms with van der Waals surface area (Å²) in [5.74, 6) is -0.203. The summed E-state index contributed by atoms with van der Waals surface area (Å²) in [6.07, 6.45) is 0.494. The van der Waals surface area contributed by atoms with Crippen molar-refractivity contribution in [3.05, 3.63) is 48.5 Å². The van der Waals surface area contributed by atoms with Crippen LogP contribution in [-0.4, -0.2) is 11.9 Å². The fourth-order valence-corrected chi connectivity index (χ4v) is 2.50. The van der Waals surface area contributed by atoms with Crippen LogP contribution in [0.25, 0.3) is 21.5 Å². The Morgan fingerprint density at radius 1 is 0.708 bits per heavy atom. The first-order chi connectivity index (χ1) is 11.6. The Kier molecular flexibility index (Phi) is 4.47. The van der Waals surface area contributed by atoms with Gasteiger partial charge in [0.15, 0.2) is 11.5 Å². The molecule has 0 bridgehead atoms. The Balaban J connectivity index is 2.16. The minimum absolute atomic E-state index is 0.247. The van der Waals surface area contributed by atoms with Gasteiger partial charge in [-0.1, -0.05) is 38.1 Å². The third-order valence-corrected chi connectivity index (χ3v) is 3.79. The predicted octanol–water partition coefficient (Wildman–Crippen LogP) is 4.62. The van der Waals surface area contributed by atoms with E-state index in [4.69, 9.17) is 9.47 Å². The number of hydrogen-bond donors (Lipinski definition) is 0. The van der Waals surface area contributed by atoms with Gasteiger partial charge in [-0.2, -0.15) is 0 Å². The summed E-state index contributed by atoms with van der Waals surface area (Å²) >= 11 is 0. The van der Waals surface area contributed by atoms with Crippen LogP contribution < -0.4 is 9.47 Å². The topological polar surface area (TPSA) is 52.6 Å². The molecule has 0 aliphatic rings. The fourth-order valence-electron chi connectivity index (χ4n) is 2.50. The summed E-state index contributed by atoms with van der Waals surface area (Å²) < 4.78 is 10.7. The van der Waals surface area contributed by atoms with Crippen LogP contribution in [0.4, 0.5) is 0 Å². The molecule has 3 rings (SSSR count). The predicted molar refractivity (Wildman–Crippen MR) is 93.3 cm³/mol. The van der Waals surface area contributed by atoms with Crippen molar-refractivity contribution in [1.82, 2.24) is 0 Å². The summed E-state index contributed by atoms with van der Waals surface area (Å²) in [5, 5.41) is 4.03. The number of esters is 2. The number of fused-ring (bicyclic) bond motifs is 2. The molecule has 0 saturated heterocycles. The minimum Gasteiger partial charge on any atom is -0.422 e. The molecule has 0 aliphatic heterocycles. The van der Waals surface area contributed by atoms with Crippen LogP contribution >= 0.6 is 0 Å². The SMILES string of the molecule is CCC(=O)Oc1cc2cc3ccccc3cc2cc1OC(=O)CC. The maximum atomic E-state index is 11.7. The quantitative estimate of drug-likeness (QED) is 0.399. The van der Waals surface area contributed by atoms with E-state index in [1.54, 1.807) is 26.0 Å². The van der Waals surface area contributed by atoms with Gasteiger partial charge in [-0.25, -0.2) is 0 Å². The monoisotopic (exact) mass is 322 g/mol. The van der Waals surface area contributed by atoms with Crippen molar-refractivity contribution >= 4 is 33.5 Å². The molecule has 0 saturated carbocycles. The number of rotatable bonds is 4. The summed E-state index contributed by atoms with van der Waals surface area (Å²) in [5.41, 5.74) is 0. The molecular formula is C20H18O4. The lowest BCUT2D eigenvalue weighted by molar-refractivity contribution is -0.136. The maximum absolute atomic E-state index is 11.7. The van der Waals surface area contributed by atoms with Gasteiger partial charge in [0.25, 0.3) is 0 Å². The van der Waals surface area contributed by atoms with Gasteiger partial charge in [0.05, 0.1) is 0 Å². The van der Waals surface area contributed by atoms with E-state index in [-0.39, 0.29) is 36.3 Å². The standard InChI is InChI=1S/C20H18O4/c1-3-19(21)23-17-11-15-9-13-7-5-6-8-14(13)10-16(15)12-18(17)24-20(22)4-2/h5-12H,3-4H2,1-2H3. The molecule has 4 heteroatoms. The zero-order chi connectivity index (χ0) is 17.1. The molecule has 4 nitrogen and oxygen atoms in total. The highest BCUT2D eigenvalue weighted by Gasteiger charge is 2.14. The third kappa shape index (κ3) is 3.23. The van der Waals surface area contributed by atoms with Crippen molar-refractivity contribution in [3.8, 4) is 11.5 Å². The molecule has 3 aromatic carbocycles. The fraction of sp³-hybridized carbons (Fsp3) is 0.200. The first-order valence-corrected chi connectivity index (χ1v) is 7.98. The highest BCUT2D eigenvalue weighted by molar-refractivity contribution is 6.00. The van der Waals surface area contributed by atoms with Crippen LogP contribution in [0.3, 0.4) is 0 Å². The van der Waals surface area contributed by atoms with E-state index in [2.05, 4.69) is 0 Å². The normalized spacial score (nSPS) is 10.8. The molecule has 0 atom stereocenters. The van der Waals surface area contributed by atoms with Crippen molar-refractivity contribution < 1.29 is 19.1 Å². The molecule has 3 aromatic rings. The minimum atomic E-state index is -0.371. The van der Waals surface area contributed by atoms with E-state index < -0.39 is 0 Å². The molecule has 122 valence electrons. The molecule has 0 heterocycles. The van der Waals surface area contributed by atoms with E-state index in [1.807, 2.05) is 36.4 Å². The Bertz CT molecular complexity index is 851. The van der Waals surface area contributed by atoms with E-state index >= 15 is 0 Å². The lowest BCUT2D eigenvalue weighted by Crippen LogP contribution is -2.10. The van der Waals surface area contributed by atoms with Gasteiger partial charge in [0.2, 0.25) is 0 Å². The molecule has 0 N–H and O–H groups in total. The molecule has 0 radical (unpaired) electrons. The lowest BCUT2D eigenvalue weighted by atomic mass is 10.0. The highest BCUT2D eigenvalue weighted by Crippen LogP contribution is 2.35. The second-order valence-corrected chi connectivity index (χ2v) is 5.50. The van der Waals surface area contributed by atoms with Crippen molar-refractivity contribution in [2.45, 2.75) is 26.7 Å². The van der Waals surface area contributed by atoms with Gasteiger partial charge in [-0.3, -0.25) is 9.59 Å². The smallest absolute Gasteiger partial charge is 0.311 e. The maximum Gasteiger partial charge on any atom is 0.311 e. The van der Waals surface area contributed by atoms with Gasteiger partial charge in [-0.05, 0) is 45.8 Å². The van der Waals surface area contributed by atoms with Crippen LogP contribution in [0.5, 0.6) is 11.5 Å². The Hall–Kier alpha value is -2.88. The molecule has 0 fully saturated rings. The van der Waals surface area contributed by atoms with Crippen LogP contribution in [-0.2, 0) is 9.59 Å². The van der Waals surface area contributed by atoms with Gasteiger partial charge in [0.1, 0.15) is 0 Å². The van der Waals surface area contributed by atoms with E-state index in [9.17, 15) is 9.59 Å². The zero-order valence-electron chi connectivity index (χ0n) is 13.7.